The van der Waals surface area contributed by atoms with Gasteiger partial charge in [-0.25, -0.2) is 0 Å². The second-order valence-electron chi connectivity index (χ2n) is 5.62. The highest BCUT2D eigenvalue weighted by Gasteiger charge is 2.19. The van der Waals surface area contributed by atoms with E-state index in [9.17, 15) is 4.79 Å². The van der Waals surface area contributed by atoms with Crippen molar-refractivity contribution in [3.05, 3.63) is 41.5 Å². The van der Waals surface area contributed by atoms with E-state index in [1.807, 2.05) is 13.0 Å². The van der Waals surface area contributed by atoms with E-state index < -0.39 is 0 Å². The number of carbonyl (C=O) groups is 1. The van der Waals surface area contributed by atoms with Crippen LogP contribution in [0.3, 0.4) is 0 Å². The Morgan fingerprint density at radius 2 is 1.42 bits per heavy atom. The van der Waals surface area contributed by atoms with Crippen LogP contribution < -0.4 is 24.3 Å². The van der Waals surface area contributed by atoms with Crippen LogP contribution in [0.15, 0.2) is 30.3 Å². The van der Waals surface area contributed by atoms with Crippen molar-refractivity contribution in [2.24, 2.45) is 0 Å². The number of hydrogen-bond acceptors (Lipinski definition) is 5. The van der Waals surface area contributed by atoms with E-state index in [1.165, 1.54) is 0 Å². The molecule has 2 aromatic carbocycles. The van der Waals surface area contributed by atoms with Crippen molar-refractivity contribution in [2.45, 2.75) is 6.92 Å². The van der Waals surface area contributed by atoms with Gasteiger partial charge in [0.2, 0.25) is 0 Å². The molecule has 0 aliphatic carbocycles. The van der Waals surface area contributed by atoms with Crippen molar-refractivity contribution >= 4 is 11.6 Å². The number of anilines is 1. The molecular weight excluding hydrogens is 310 g/mol. The molecular formula is C18H17NO5. The molecule has 0 saturated carbocycles. The third kappa shape index (κ3) is 2.71. The summed E-state index contributed by atoms with van der Waals surface area (Å²) in [5, 5.41) is 2.89. The highest BCUT2D eigenvalue weighted by atomic mass is 16.6. The fourth-order valence-electron chi connectivity index (χ4n) is 2.75. The first-order valence-electron chi connectivity index (χ1n) is 7.82. The van der Waals surface area contributed by atoms with Gasteiger partial charge in [-0.3, -0.25) is 4.79 Å². The molecule has 2 aromatic rings. The van der Waals surface area contributed by atoms with Gasteiger partial charge in [-0.15, -0.1) is 0 Å². The number of hydrogen-bond donors (Lipinski definition) is 1. The lowest BCUT2D eigenvalue weighted by atomic mass is 10.1. The fraction of sp³-hybridized carbons (Fsp3) is 0.278. The maximum Gasteiger partial charge on any atom is 0.256 e. The van der Waals surface area contributed by atoms with Crippen molar-refractivity contribution in [3.8, 4) is 23.0 Å². The van der Waals surface area contributed by atoms with Gasteiger partial charge in [0.05, 0.1) is 0 Å². The fourth-order valence-corrected chi connectivity index (χ4v) is 2.75. The first kappa shape index (κ1) is 14.7. The predicted molar refractivity (Wildman–Crippen MR) is 87.6 cm³/mol. The Morgan fingerprint density at radius 3 is 2.12 bits per heavy atom. The number of benzene rings is 2. The predicted octanol–water partition coefficient (Wildman–Crippen LogP) is 2.79. The normalized spacial score (nSPS) is 14.9. The number of fused-ring (bicyclic) bond motifs is 2. The maximum absolute atomic E-state index is 12.6. The maximum atomic E-state index is 12.6. The minimum absolute atomic E-state index is 0.207. The molecule has 1 N–H and O–H groups in total. The minimum Gasteiger partial charge on any atom is -0.486 e. The summed E-state index contributed by atoms with van der Waals surface area (Å²) >= 11 is 0. The summed E-state index contributed by atoms with van der Waals surface area (Å²) in [4.78, 5) is 12.6. The van der Waals surface area contributed by atoms with E-state index in [-0.39, 0.29) is 5.91 Å². The molecule has 0 unspecified atom stereocenters. The topological polar surface area (TPSA) is 66.0 Å². The van der Waals surface area contributed by atoms with Gasteiger partial charge in [0.1, 0.15) is 26.4 Å². The van der Waals surface area contributed by atoms with Gasteiger partial charge in [0, 0.05) is 17.3 Å². The summed E-state index contributed by atoms with van der Waals surface area (Å²) in [6, 6.07) is 8.89. The Hall–Kier alpha value is -2.89. The smallest absolute Gasteiger partial charge is 0.256 e. The van der Waals surface area contributed by atoms with Crippen LogP contribution in [-0.2, 0) is 0 Å². The molecule has 0 aromatic heterocycles. The lowest BCUT2D eigenvalue weighted by molar-refractivity contribution is 0.102. The van der Waals surface area contributed by atoms with Crippen LogP contribution in [0.1, 0.15) is 15.9 Å². The Labute approximate surface area is 139 Å². The summed E-state index contributed by atoms with van der Waals surface area (Å²) in [5.41, 5.74) is 2.03. The minimum atomic E-state index is -0.207. The second-order valence-corrected chi connectivity index (χ2v) is 5.62. The molecule has 0 atom stereocenters. The van der Waals surface area contributed by atoms with Crippen LogP contribution >= 0.6 is 0 Å². The summed E-state index contributed by atoms with van der Waals surface area (Å²) in [7, 11) is 0. The van der Waals surface area contributed by atoms with Gasteiger partial charge in [0.15, 0.2) is 23.0 Å². The van der Waals surface area contributed by atoms with Crippen molar-refractivity contribution in [1.29, 1.82) is 0 Å². The Bertz CT molecular complexity index is 802. The zero-order valence-corrected chi connectivity index (χ0v) is 13.3. The average molecular weight is 327 g/mol. The first-order valence-corrected chi connectivity index (χ1v) is 7.82. The summed E-state index contributed by atoms with van der Waals surface area (Å²) in [6.45, 7) is 3.92. The molecule has 6 nitrogen and oxygen atoms in total. The molecule has 4 rings (SSSR count). The number of aryl methyl sites for hydroxylation is 1. The van der Waals surface area contributed by atoms with Gasteiger partial charge in [0.25, 0.3) is 5.91 Å². The van der Waals surface area contributed by atoms with E-state index >= 15 is 0 Å². The SMILES string of the molecule is Cc1cc2c(cc1C(=O)Nc1ccc3c(c1)OCCO3)OCCO2. The number of carbonyl (C=O) groups excluding carboxylic acids is 1. The molecule has 2 aliphatic rings. The number of nitrogens with one attached hydrogen (secondary N) is 1. The molecule has 24 heavy (non-hydrogen) atoms. The van der Waals surface area contributed by atoms with E-state index in [1.54, 1.807) is 24.3 Å². The summed E-state index contributed by atoms with van der Waals surface area (Å²) < 4.78 is 22.1. The Morgan fingerprint density at radius 1 is 0.833 bits per heavy atom. The number of amides is 1. The van der Waals surface area contributed by atoms with Gasteiger partial charge in [-0.05, 0) is 36.8 Å². The molecule has 1 amide bonds. The highest BCUT2D eigenvalue weighted by molar-refractivity contribution is 6.05. The van der Waals surface area contributed by atoms with Crippen molar-refractivity contribution in [2.75, 3.05) is 31.7 Å². The highest BCUT2D eigenvalue weighted by Crippen LogP contribution is 2.35. The molecule has 0 fully saturated rings. The van der Waals surface area contributed by atoms with E-state index in [4.69, 9.17) is 18.9 Å². The lowest BCUT2D eigenvalue weighted by Crippen LogP contribution is -2.19. The van der Waals surface area contributed by atoms with Crippen LogP contribution in [0.25, 0.3) is 0 Å². The van der Waals surface area contributed by atoms with Crippen molar-refractivity contribution in [1.82, 2.24) is 0 Å². The molecule has 2 aliphatic heterocycles. The largest absolute Gasteiger partial charge is 0.486 e. The van der Waals surface area contributed by atoms with E-state index in [2.05, 4.69) is 5.32 Å². The van der Waals surface area contributed by atoms with Gasteiger partial charge in [-0.2, -0.15) is 0 Å². The lowest BCUT2D eigenvalue weighted by Gasteiger charge is -2.21. The van der Waals surface area contributed by atoms with Crippen LogP contribution in [0.2, 0.25) is 0 Å². The monoisotopic (exact) mass is 327 g/mol. The summed E-state index contributed by atoms with van der Waals surface area (Å²) in [6.07, 6.45) is 0. The zero-order valence-electron chi connectivity index (χ0n) is 13.3. The van der Waals surface area contributed by atoms with E-state index in [0.29, 0.717) is 60.7 Å². The van der Waals surface area contributed by atoms with Crippen LogP contribution in [0.4, 0.5) is 5.69 Å². The van der Waals surface area contributed by atoms with Gasteiger partial charge < -0.3 is 24.3 Å². The second kappa shape index (κ2) is 5.96. The third-order valence-electron chi connectivity index (χ3n) is 3.93. The van der Waals surface area contributed by atoms with Gasteiger partial charge >= 0.3 is 0 Å². The molecule has 0 radical (unpaired) electrons. The van der Waals surface area contributed by atoms with Crippen LogP contribution in [0.5, 0.6) is 23.0 Å². The number of ether oxygens (including phenoxy) is 4. The quantitative estimate of drug-likeness (QED) is 0.919. The molecule has 2 heterocycles. The Balaban J connectivity index is 1.58. The molecule has 0 bridgehead atoms. The van der Waals surface area contributed by atoms with Crippen LogP contribution in [0, 0.1) is 6.92 Å². The van der Waals surface area contributed by atoms with Crippen molar-refractivity contribution < 1.29 is 23.7 Å². The molecule has 124 valence electrons. The van der Waals surface area contributed by atoms with Gasteiger partial charge in [-0.1, -0.05) is 0 Å². The molecule has 0 spiro atoms. The molecule has 0 saturated heterocycles. The number of rotatable bonds is 2. The van der Waals surface area contributed by atoms with Crippen molar-refractivity contribution in [3.63, 3.8) is 0 Å². The Kier molecular flexibility index (Phi) is 3.65. The molecule has 6 heteroatoms. The standard InChI is InChI=1S/C18H17NO5/c1-11-8-15-17(24-7-6-22-15)10-13(11)18(20)19-12-2-3-14-16(9-12)23-5-4-21-14/h2-3,8-10H,4-7H2,1H3,(H,19,20). The summed E-state index contributed by atoms with van der Waals surface area (Å²) in [5.74, 6) is 2.39. The van der Waals surface area contributed by atoms with E-state index in [0.717, 1.165) is 5.56 Å². The third-order valence-corrected chi connectivity index (χ3v) is 3.93. The van der Waals surface area contributed by atoms with Crippen LogP contribution in [-0.4, -0.2) is 32.3 Å². The zero-order chi connectivity index (χ0) is 16.5. The first-order chi connectivity index (χ1) is 11.7. The average Bonchev–Trinajstić information content (AvgIpc) is 2.61.